The van der Waals surface area contributed by atoms with E-state index in [2.05, 4.69) is 4.72 Å². The lowest BCUT2D eigenvalue weighted by Gasteiger charge is -2.29. The molecule has 0 spiro atoms. The summed E-state index contributed by atoms with van der Waals surface area (Å²) in [5, 5.41) is 0. The van der Waals surface area contributed by atoms with E-state index in [4.69, 9.17) is 5.73 Å². The molecule has 1 aromatic carbocycles. The van der Waals surface area contributed by atoms with E-state index < -0.39 is 16.1 Å². The lowest BCUT2D eigenvalue weighted by molar-refractivity contribution is -0.133. The van der Waals surface area contributed by atoms with Crippen LogP contribution in [0, 0.1) is 0 Å². The molecule has 1 saturated heterocycles. The molecule has 2 rings (SSSR count). The van der Waals surface area contributed by atoms with E-state index in [1.54, 1.807) is 24.0 Å². The fourth-order valence-corrected chi connectivity index (χ4v) is 3.79. The van der Waals surface area contributed by atoms with Crippen LogP contribution in [0.2, 0.25) is 0 Å². The summed E-state index contributed by atoms with van der Waals surface area (Å²) in [5.74, 6) is -0.187. The fourth-order valence-electron chi connectivity index (χ4n) is 2.46. The molecule has 1 aliphatic heterocycles. The van der Waals surface area contributed by atoms with Gasteiger partial charge in [0.1, 0.15) is 4.90 Å². The molecule has 1 heterocycles. The van der Waals surface area contributed by atoms with Crippen LogP contribution >= 0.6 is 0 Å². The van der Waals surface area contributed by atoms with Gasteiger partial charge in [-0.15, -0.1) is 0 Å². The minimum Gasteiger partial charge on any atom is -0.398 e. The maximum absolute atomic E-state index is 12.3. The maximum Gasteiger partial charge on any atom is 0.243 e. The van der Waals surface area contributed by atoms with Gasteiger partial charge in [0.05, 0.1) is 11.7 Å². The average molecular weight is 311 g/mol. The molecule has 3 N–H and O–H groups in total. The van der Waals surface area contributed by atoms with Gasteiger partial charge >= 0.3 is 0 Å². The quantitative estimate of drug-likeness (QED) is 0.810. The van der Waals surface area contributed by atoms with E-state index in [0.717, 1.165) is 19.3 Å². The SMILES string of the molecule is CC(NS(=O)(=O)c1ccccc1N)C(=O)N1CCCCC1. The van der Waals surface area contributed by atoms with E-state index in [0.29, 0.717) is 13.1 Å². The normalized spacial score (nSPS) is 17.5. The Bertz CT molecular complexity index is 610. The van der Waals surface area contributed by atoms with Crippen molar-refractivity contribution in [1.29, 1.82) is 0 Å². The first kappa shape index (κ1) is 15.8. The Morgan fingerprint density at radius 1 is 1.24 bits per heavy atom. The number of benzene rings is 1. The molecule has 0 radical (unpaired) electrons. The zero-order valence-electron chi connectivity index (χ0n) is 12.1. The maximum atomic E-state index is 12.3. The number of nitrogens with two attached hydrogens (primary N) is 1. The first-order valence-electron chi connectivity index (χ1n) is 7.07. The highest BCUT2D eigenvalue weighted by molar-refractivity contribution is 7.89. The molecule has 7 heteroatoms. The third kappa shape index (κ3) is 3.74. The predicted octanol–water partition coefficient (Wildman–Crippen LogP) is 0.948. The van der Waals surface area contributed by atoms with Crippen molar-refractivity contribution in [3.63, 3.8) is 0 Å². The number of likely N-dealkylation sites (tertiary alicyclic amines) is 1. The summed E-state index contributed by atoms with van der Waals surface area (Å²) in [5.41, 5.74) is 5.86. The number of nitrogen functional groups attached to an aromatic ring is 1. The van der Waals surface area contributed by atoms with Gasteiger partial charge in [0, 0.05) is 13.1 Å². The highest BCUT2D eigenvalue weighted by Crippen LogP contribution is 2.18. The number of amides is 1. The number of sulfonamides is 1. The second kappa shape index (κ2) is 6.44. The summed E-state index contributed by atoms with van der Waals surface area (Å²) in [6.45, 7) is 2.95. The third-order valence-corrected chi connectivity index (χ3v) is 5.19. The average Bonchev–Trinajstić information content (AvgIpc) is 2.47. The lowest BCUT2D eigenvalue weighted by atomic mass is 10.1. The number of hydrogen-bond acceptors (Lipinski definition) is 4. The first-order valence-corrected chi connectivity index (χ1v) is 8.56. The molecule has 6 nitrogen and oxygen atoms in total. The van der Waals surface area contributed by atoms with Gasteiger partial charge in [-0.3, -0.25) is 4.79 Å². The van der Waals surface area contributed by atoms with Crippen LogP contribution in [-0.4, -0.2) is 38.4 Å². The van der Waals surface area contributed by atoms with Crippen LogP contribution in [0.15, 0.2) is 29.2 Å². The largest absolute Gasteiger partial charge is 0.398 e. The molecule has 0 saturated carbocycles. The van der Waals surface area contributed by atoms with Gasteiger partial charge in [-0.1, -0.05) is 12.1 Å². The topological polar surface area (TPSA) is 92.5 Å². The molecule has 21 heavy (non-hydrogen) atoms. The summed E-state index contributed by atoms with van der Waals surface area (Å²) < 4.78 is 27.0. The Morgan fingerprint density at radius 3 is 2.48 bits per heavy atom. The van der Waals surface area contributed by atoms with Crippen molar-refractivity contribution in [2.24, 2.45) is 0 Å². The smallest absolute Gasteiger partial charge is 0.243 e. The number of nitrogens with zero attached hydrogens (tertiary/aromatic N) is 1. The summed E-state index contributed by atoms with van der Waals surface area (Å²) >= 11 is 0. The molecule has 116 valence electrons. The van der Waals surface area contributed by atoms with Gasteiger partial charge in [0.25, 0.3) is 0 Å². The van der Waals surface area contributed by atoms with Gasteiger partial charge in [-0.05, 0) is 38.3 Å². The van der Waals surface area contributed by atoms with Crippen LogP contribution in [0.25, 0.3) is 0 Å². The van der Waals surface area contributed by atoms with E-state index in [1.165, 1.54) is 12.1 Å². The van der Waals surface area contributed by atoms with Gasteiger partial charge in [0.2, 0.25) is 15.9 Å². The molecule has 0 aliphatic carbocycles. The van der Waals surface area contributed by atoms with Gasteiger partial charge < -0.3 is 10.6 Å². The predicted molar refractivity (Wildman–Crippen MR) is 81.1 cm³/mol. The summed E-state index contributed by atoms with van der Waals surface area (Å²) in [7, 11) is -3.80. The Hall–Kier alpha value is -1.60. The van der Waals surface area contributed by atoms with Crippen molar-refractivity contribution >= 4 is 21.6 Å². The van der Waals surface area contributed by atoms with Gasteiger partial charge in [-0.25, -0.2) is 8.42 Å². The fraction of sp³-hybridized carbons (Fsp3) is 0.500. The molecular formula is C14H21N3O3S. The number of rotatable bonds is 4. The molecule has 1 unspecified atom stereocenters. The van der Waals surface area contributed by atoms with E-state index >= 15 is 0 Å². The van der Waals surface area contributed by atoms with Crippen LogP contribution in [0.4, 0.5) is 5.69 Å². The Balaban J connectivity index is 2.09. The van der Waals surface area contributed by atoms with Crippen molar-refractivity contribution < 1.29 is 13.2 Å². The number of nitrogens with one attached hydrogen (secondary N) is 1. The van der Waals surface area contributed by atoms with Crippen molar-refractivity contribution in [2.75, 3.05) is 18.8 Å². The zero-order chi connectivity index (χ0) is 15.5. The summed E-state index contributed by atoms with van der Waals surface area (Å²) in [6.07, 6.45) is 3.05. The van der Waals surface area contributed by atoms with Crippen molar-refractivity contribution in [3.8, 4) is 0 Å². The Morgan fingerprint density at radius 2 is 1.86 bits per heavy atom. The molecule has 1 amide bonds. The summed E-state index contributed by atoms with van der Waals surface area (Å²) in [4.78, 5) is 14.0. The molecule has 0 aromatic heterocycles. The second-order valence-electron chi connectivity index (χ2n) is 5.27. The number of carbonyl (C=O) groups is 1. The number of piperidine rings is 1. The van der Waals surface area contributed by atoms with E-state index in [-0.39, 0.29) is 16.5 Å². The molecule has 1 aliphatic rings. The van der Waals surface area contributed by atoms with E-state index in [1.807, 2.05) is 0 Å². The monoisotopic (exact) mass is 311 g/mol. The molecule has 0 bridgehead atoms. The number of carbonyl (C=O) groups excluding carboxylic acids is 1. The molecule has 1 atom stereocenters. The van der Waals surface area contributed by atoms with Crippen LogP contribution in [-0.2, 0) is 14.8 Å². The number of anilines is 1. The molecule has 1 aromatic rings. The Kier molecular flexibility index (Phi) is 4.84. The van der Waals surface area contributed by atoms with Crippen molar-refractivity contribution in [2.45, 2.75) is 37.1 Å². The van der Waals surface area contributed by atoms with Crippen molar-refractivity contribution in [3.05, 3.63) is 24.3 Å². The number of para-hydroxylation sites is 1. The molecule has 1 fully saturated rings. The zero-order valence-corrected chi connectivity index (χ0v) is 12.9. The van der Waals surface area contributed by atoms with Crippen LogP contribution in [0.3, 0.4) is 0 Å². The van der Waals surface area contributed by atoms with Crippen LogP contribution in [0.1, 0.15) is 26.2 Å². The highest BCUT2D eigenvalue weighted by Gasteiger charge is 2.27. The van der Waals surface area contributed by atoms with Gasteiger partial charge in [-0.2, -0.15) is 4.72 Å². The molecular weight excluding hydrogens is 290 g/mol. The first-order chi connectivity index (χ1) is 9.92. The van der Waals surface area contributed by atoms with Crippen LogP contribution < -0.4 is 10.5 Å². The highest BCUT2D eigenvalue weighted by atomic mass is 32.2. The standard InChI is InChI=1S/C14H21N3O3S/c1-11(14(18)17-9-5-2-6-10-17)16-21(19,20)13-8-4-3-7-12(13)15/h3-4,7-8,11,16H,2,5-6,9-10,15H2,1H3. The minimum absolute atomic E-state index is 0.00305. The Labute approximate surface area is 125 Å². The minimum atomic E-state index is -3.80. The van der Waals surface area contributed by atoms with Crippen LogP contribution in [0.5, 0.6) is 0 Å². The number of hydrogen-bond donors (Lipinski definition) is 2. The summed E-state index contributed by atoms with van der Waals surface area (Å²) in [6, 6.07) is 5.41. The second-order valence-corrected chi connectivity index (χ2v) is 6.95. The van der Waals surface area contributed by atoms with Crippen molar-refractivity contribution in [1.82, 2.24) is 9.62 Å². The van der Waals surface area contributed by atoms with Gasteiger partial charge in [0.15, 0.2) is 0 Å². The van der Waals surface area contributed by atoms with E-state index in [9.17, 15) is 13.2 Å². The third-order valence-electron chi connectivity index (χ3n) is 3.58. The lowest BCUT2D eigenvalue weighted by Crippen LogP contribution is -2.48.